The second kappa shape index (κ2) is 47.7. The molecule has 0 N–H and O–H groups in total. The van der Waals surface area contributed by atoms with Gasteiger partial charge in [-0.05, 0) is 74.9 Å². The summed E-state index contributed by atoms with van der Waals surface area (Å²) in [6.07, 6.45) is 37.7. The van der Waals surface area contributed by atoms with Crippen molar-refractivity contribution in [3.05, 3.63) is 36.4 Å². The maximum Gasteiger partial charge on any atom is 1.00 e. The average Bonchev–Trinajstić information content (AvgIpc) is 3.89. The maximum absolute atomic E-state index is 11.5. The molecule has 0 saturated heterocycles. The Balaban J connectivity index is 0. The summed E-state index contributed by atoms with van der Waals surface area (Å²) in [5.41, 5.74) is 2.21. The monoisotopic (exact) mass is 1270 g/mol. The van der Waals surface area contributed by atoms with Crippen molar-refractivity contribution >= 4 is 86.1 Å². The molecule has 0 radical (unpaired) electrons. The van der Waals surface area contributed by atoms with E-state index in [1.165, 1.54) is 184 Å². The Labute approximate surface area is 579 Å². The van der Waals surface area contributed by atoms with Crippen molar-refractivity contribution in [2.45, 2.75) is 253 Å². The molecule has 0 amide bonds. The standard InChI is InChI=1S/2C27H46N2O6S3.4Na/c1-2-3-4-5-6-7-8-9-10-11-12-13-14-16-21-36-27-28-25-23-24(38(33,34)35)18-19-26(25)29(27)20-15-17-22-37(30,31)32;1-2-3-4-5-6-7-8-9-10-11-12-13-14-16-21-36-27-28-25-19-18-24(38(33,34)35)23-26(25)29(27)20-15-17-22-37(30,31)32;;;;/h2*18-19,23H,2-17,20-22H2,1H3,(H,30,31,32)(H,33,34,35);;;;/q;;4*+1/p-4. The summed E-state index contributed by atoms with van der Waals surface area (Å²) in [6.45, 7) is 5.34. The number of imidazole rings is 2. The SMILES string of the molecule is CCCCCCCCCCCCCCCCSc1nc2cc(S(=O)(=O)[O-])ccc2n1CCCCS(=O)(=O)[O-].CCCCCCCCCCCCCCCCSc1nc2ccc(S(=O)(=O)[O-])cc2n1CCCCS(=O)(=O)[O-].[Na+].[Na+].[Na+].[Na+]. The van der Waals surface area contributed by atoms with E-state index in [1.807, 2.05) is 9.13 Å². The quantitative estimate of drug-likeness (QED) is 0.0264. The summed E-state index contributed by atoms with van der Waals surface area (Å²) in [7, 11) is -17.7. The summed E-state index contributed by atoms with van der Waals surface area (Å²) in [4.78, 5) is 8.53. The van der Waals surface area contributed by atoms with E-state index in [0.29, 0.717) is 58.3 Å². The Kier molecular flexibility index (Phi) is 49.9. The largest absolute Gasteiger partial charge is 1.00 e. The van der Waals surface area contributed by atoms with Crippen LogP contribution in [0.2, 0.25) is 0 Å². The van der Waals surface area contributed by atoms with E-state index >= 15 is 0 Å². The van der Waals surface area contributed by atoms with Crippen LogP contribution in [0.25, 0.3) is 22.1 Å². The van der Waals surface area contributed by atoms with Gasteiger partial charge in [0.2, 0.25) is 0 Å². The van der Waals surface area contributed by atoms with Crippen molar-refractivity contribution in [3.63, 3.8) is 0 Å². The van der Waals surface area contributed by atoms with Crippen LogP contribution in [-0.2, 0) is 53.6 Å². The molecule has 0 bridgehead atoms. The summed E-state index contributed by atoms with van der Waals surface area (Å²) in [6, 6.07) is 8.22. The molecule has 16 nitrogen and oxygen atoms in total. The van der Waals surface area contributed by atoms with E-state index in [0.717, 1.165) is 37.2 Å². The van der Waals surface area contributed by atoms with Crippen molar-refractivity contribution in [2.75, 3.05) is 23.0 Å². The molecule has 436 valence electrons. The van der Waals surface area contributed by atoms with Crippen LogP contribution >= 0.6 is 23.5 Å². The van der Waals surface area contributed by atoms with Gasteiger partial charge in [-0.2, -0.15) is 0 Å². The molecule has 0 aliphatic heterocycles. The molecular formula is C54H88N4Na4O12S6. The van der Waals surface area contributed by atoms with Crippen LogP contribution in [0.3, 0.4) is 0 Å². The number of benzene rings is 2. The summed E-state index contributed by atoms with van der Waals surface area (Å²) in [5.74, 6) is 0.868. The number of unbranched alkanes of at least 4 members (excludes halogenated alkanes) is 28. The van der Waals surface area contributed by atoms with Crippen molar-refractivity contribution in [1.29, 1.82) is 0 Å². The molecule has 4 aromatic rings. The van der Waals surface area contributed by atoms with Crippen LogP contribution in [0.1, 0.15) is 219 Å². The fourth-order valence-electron chi connectivity index (χ4n) is 9.15. The van der Waals surface area contributed by atoms with E-state index < -0.39 is 52.0 Å². The first-order valence-corrected chi connectivity index (χ1v) is 36.2. The van der Waals surface area contributed by atoms with Crippen molar-refractivity contribution in [2.24, 2.45) is 0 Å². The molecule has 0 spiro atoms. The van der Waals surface area contributed by atoms with Crippen molar-refractivity contribution in [3.8, 4) is 0 Å². The minimum Gasteiger partial charge on any atom is -0.748 e. The third-order valence-electron chi connectivity index (χ3n) is 13.5. The molecule has 2 heterocycles. The number of hydrogen-bond donors (Lipinski definition) is 0. The number of hydrogen-bond acceptors (Lipinski definition) is 16. The van der Waals surface area contributed by atoms with Gasteiger partial charge in [-0.25, -0.2) is 43.6 Å². The van der Waals surface area contributed by atoms with Gasteiger partial charge in [-0.3, -0.25) is 0 Å². The topological polar surface area (TPSA) is 264 Å². The molecule has 0 saturated carbocycles. The Hall–Kier alpha value is 1.72. The maximum atomic E-state index is 11.5. The van der Waals surface area contributed by atoms with Gasteiger partial charge in [-0.15, -0.1) is 0 Å². The number of aromatic nitrogens is 4. The van der Waals surface area contributed by atoms with Gasteiger partial charge < -0.3 is 27.3 Å². The zero-order chi connectivity index (χ0) is 55.7. The minimum atomic E-state index is -4.61. The second-order valence-electron chi connectivity index (χ2n) is 20.1. The average molecular weight is 1270 g/mol. The predicted molar refractivity (Wildman–Crippen MR) is 305 cm³/mol. The zero-order valence-corrected chi connectivity index (χ0v) is 62.4. The van der Waals surface area contributed by atoms with Gasteiger partial charge in [-0.1, -0.05) is 204 Å². The molecule has 2 aromatic heterocycles. The van der Waals surface area contributed by atoms with Gasteiger partial charge in [0, 0.05) is 36.1 Å². The van der Waals surface area contributed by atoms with E-state index in [1.54, 1.807) is 29.6 Å². The van der Waals surface area contributed by atoms with Gasteiger partial charge >= 0.3 is 118 Å². The summed E-state index contributed by atoms with van der Waals surface area (Å²) >= 11 is 3.16. The summed E-state index contributed by atoms with van der Waals surface area (Å²) in [5, 5.41) is 1.42. The molecule has 26 heteroatoms. The van der Waals surface area contributed by atoms with Gasteiger partial charge in [0.25, 0.3) is 0 Å². The van der Waals surface area contributed by atoms with E-state index in [9.17, 15) is 51.9 Å². The molecular weight excluding hydrogens is 1180 g/mol. The van der Waals surface area contributed by atoms with Crippen LogP contribution in [-0.4, -0.2) is 94.0 Å². The van der Waals surface area contributed by atoms with Crippen LogP contribution in [0.15, 0.2) is 56.5 Å². The molecule has 80 heavy (non-hydrogen) atoms. The van der Waals surface area contributed by atoms with E-state index in [2.05, 4.69) is 23.8 Å². The fourth-order valence-corrected chi connectivity index (χ4v) is 13.3. The van der Waals surface area contributed by atoms with Gasteiger partial charge in [0.05, 0.1) is 52.1 Å². The Morgan fingerprint density at radius 2 is 0.688 bits per heavy atom. The minimum absolute atomic E-state index is 0. The van der Waals surface area contributed by atoms with Crippen LogP contribution in [0.5, 0.6) is 0 Å². The Bertz CT molecular complexity index is 2680. The van der Waals surface area contributed by atoms with Crippen molar-refractivity contribution < 1.29 is 170 Å². The molecule has 0 aliphatic carbocycles. The first-order valence-electron chi connectivity index (χ1n) is 28.3. The predicted octanol–water partition coefficient (Wildman–Crippen LogP) is 1.69. The number of rotatable bonds is 44. The van der Waals surface area contributed by atoms with E-state index in [4.69, 9.17) is 0 Å². The zero-order valence-electron chi connectivity index (χ0n) is 49.5. The van der Waals surface area contributed by atoms with Crippen molar-refractivity contribution in [1.82, 2.24) is 19.1 Å². The second-order valence-corrected chi connectivity index (χ2v) is 28.1. The molecule has 4 rings (SSSR count). The molecule has 0 fully saturated rings. The number of nitrogens with zero attached hydrogens (tertiary/aromatic N) is 4. The molecule has 2 aromatic carbocycles. The van der Waals surface area contributed by atoms with E-state index in [-0.39, 0.29) is 141 Å². The first-order chi connectivity index (χ1) is 36.2. The Morgan fingerprint density at radius 1 is 0.375 bits per heavy atom. The Morgan fingerprint density at radius 3 is 1.04 bits per heavy atom. The smallest absolute Gasteiger partial charge is 0.748 e. The third kappa shape index (κ3) is 38.2. The summed E-state index contributed by atoms with van der Waals surface area (Å²) < 4.78 is 138. The number of thioether (sulfide) groups is 2. The van der Waals surface area contributed by atoms with Crippen LogP contribution < -0.4 is 118 Å². The van der Waals surface area contributed by atoms with Crippen LogP contribution in [0.4, 0.5) is 0 Å². The van der Waals surface area contributed by atoms with Gasteiger partial charge in [0.1, 0.15) is 20.2 Å². The molecule has 0 aliphatic rings. The normalized spacial score (nSPS) is 11.9. The van der Waals surface area contributed by atoms with Gasteiger partial charge in [0.15, 0.2) is 10.3 Å². The number of aryl methyl sites for hydroxylation is 2. The third-order valence-corrected chi connectivity index (χ3v) is 18.8. The molecule has 0 atom stereocenters. The van der Waals surface area contributed by atoms with Crippen LogP contribution in [0, 0.1) is 0 Å². The molecule has 0 unspecified atom stereocenters. The first kappa shape index (κ1) is 83.8. The fraction of sp³-hybridized carbons (Fsp3) is 0.741. The number of fused-ring (bicyclic) bond motifs is 2.